The van der Waals surface area contributed by atoms with E-state index in [4.69, 9.17) is 0 Å². The fourth-order valence-electron chi connectivity index (χ4n) is 2.50. The van der Waals surface area contributed by atoms with Gasteiger partial charge in [0.05, 0.1) is 17.9 Å². The van der Waals surface area contributed by atoms with Crippen LogP contribution in [0.25, 0.3) is 0 Å². The van der Waals surface area contributed by atoms with Crippen molar-refractivity contribution in [3.05, 3.63) is 45.7 Å². The molecule has 0 saturated heterocycles. The first kappa shape index (κ1) is 16.2. The Balaban J connectivity index is 2.39. The number of halogens is 1. The van der Waals surface area contributed by atoms with Crippen molar-refractivity contribution in [2.75, 3.05) is 6.54 Å². The summed E-state index contributed by atoms with van der Waals surface area (Å²) in [5, 5.41) is 12.0. The first-order valence-electron chi connectivity index (χ1n) is 7.55. The first-order chi connectivity index (χ1) is 10.2. The molecule has 0 amide bonds. The predicted octanol–water partition coefficient (Wildman–Crippen LogP) is 3.85. The van der Waals surface area contributed by atoms with Gasteiger partial charge in [-0.15, -0.1) is 5.10 Å². The Morgan fingerprint density at radius 1 is 1.29 bits per heavy atom. The maximum absolute atomic E-state index is 4.23. The minimum absolute atomic E-state index is 0.139. The quantitative estimate of drug-likeness (QED) is 0.824. The molecule has 1 heterocycles. The van der Waals surface area contributed by atoms with Crippen molar-refractivity contribution in [2.45, 2.75) is 46.2 Å². The van der Waals surface area contributed by atoms with E-state index in [1.165, 1.54) is 11.1 Å². The Morgan fingerprint density at radius 3 is 2.76 bits per heavy atom. The monoisotopic (exact) mass is 350 g/mol. The second-order valence-corrected chi connectivity index (χ2v) is 6.19. The summed E-state index contributed by atoms with van der Waals surface area (Å²) in [6.45, 7) is 8.35. The Morgan fingerprint density at radius 2 is 2.10 bits per heavy atom. The van der Waals surface area contributed by atoms with Gasteiger partial charge in [-0.1, -0.05) is 41.1 Å². The van der Waals surface area contributed by atoms with Gasteiger partial charge in [-0.3, -0.25) is 0 Å². The predicted molar refractivity (Wildman–Crippen MR) is 89.3 cm³/mol. The van der Waals surface area contributed by atoms with Crippen LogP contribution in [0.1, 0.15) is 49.6 Å². The van der Waals surface area contributed by atoms with E-state index in [1.807, 2.05) is 10.9 Å². The second-order valence-electron chi connectivity index (χ2n) is 5.27. The molecule has 0 spiro atoms. The highest BCUT2D eigenvalue weighted by Crippen LogP contribution is 2.26. The average molecular weight is 351 g/mol. The van der Waals surface area contributed by atoms with Crippen LogP contribution in [-0.4, -0.2) is 21.5 Å². The van der Waals surface area contributed by atoms with Crippen LogP contribution >= 0.6 is 15.9 Å². The topological polar surface area (TPSA) is 42.7 Å². The summed E-state index contributed by atoms with van der Waals surface area (Å²) in [5.74, 6) is 0. The molecular weight excluding hydrogens is 328 g/mol. The zero-order chi connectivity index (χ0) is 15.2. The summed E-state index contributed by atoms with van der Waals surface area (Å²) in [6.07, 6.45) is 4.03. The third-order valence-electron chi connectivity index (χ3n) is 3.52. The highest BCUT2D eigenvalue weighted by atomic mass is 79.9. The van der Waals surface area contributed by atoms with Gasteiger partial charge in [-0.2, -0.15) is 0 Å². The third-order valence-corrected chi connectivity index (χ3v) is 4.01. The Labute approximate surface area is 135 Å². The number of aryl methyl sites for hydroxylation is 2. The molecule has 0 aliphatic rings. The molecule has 114 valence electrons. The van der Waals surface area contributed by atoms with Crippen molar-refractivity contribution in [3.63, 3.8) is 0 Å². The molecule has 21 heavy (non-hydrogen) atoms. The third kappa shape index (κ3) is 3.92. The maximum Gasteiger partial charge on any atom is 0.0802 e. The van der Waals surface area contributed by atoms with E-state index >= 15 is 0 Å². The van der Waals surface area contributed by atoms with Gasteiger partial charge in [-0.05, 0) is 49.6 Å². The minimum atomic E-state index is 0.139. The lowest BCUT2D eigenvalue weighted by Crippen LogP contribution is -2.26. The molecule has 1 aromatic carbocycles. The van der Waals surface area contributed by atoms with E-state index in [9.17, 15) is 0 Å². The minimum Gasteiger partial charge on any atom is -0.305 e. The molecular formula is C16H23BrN4. The number of hydrogen-bond donors (Lipinski definition) is 1. The normalized spacial score (nSPS) is 12.6. The molecule has 0 aliphatic carbocycles. The van der Waals surface area contributed by atoms with Crippen LogP contribution in [0.3, 0.4) is 0 Å². The number of benzene rings is 1. The molecule has 0 saturated carbocycles. The smallest absolute Gasteiger partial charge is 0.0802 e. The van der Waals surface area contributed by atoms with Crippen molar-refractivity contribution in [2.24, 2.45) is 0 Å². The van der Waals surface area contributed by atoms with E-state index in [0.29, 0.717) is 0 Å². The first-order valence-corrected chi connectivity index (χ1v) is 8.34. The SMILES string of the molecule is CCCNC(c1ccc(Br)cc1C)c1cnnn1CCC. The molecule has 0 bridgehead atoms. The van der Waals surface area contributed by atoms with E-state index in [0.717, 1.165) is 36.1 Å². The van der Waals surface area contributed by atoms with Gasteiger partial charge in [0.1, 0.15) is 0 Å². The molecule has 0 aliphatic heterocycles. The van der Waals surface area contributed by atoms with Crippen LogP contribution in [0.5, 0.6) is 0 Å². The van der Waals surface area contributed by atoms with Crippen molar-refractivity contribution >= 4 is 15.9 Å². The zero-order valence-electron chi connectivity index (χ0n) is 12.9. The van der Waals surface area contributed by atoms with Gasteiger partial charge < -0.3 is 5.32 Å². The standard InChI is InChI=1S/C16H23BrN4/c1-4-8-18-16(14-7-6-13(17)10-12(14)3)15-11-19-20-21(15)9-5-2/h6-7,10-11,16,18H,4-5,8-9H2,1-3H3. The van der Waals surface area contributed by atoms with Crippen molar-refractivity contribution in [1.82, 2.24) is 20.3 Å². The van der Waals surface area contributed by atoms with Crippen LogP contribution in [0.15, 0.2) is 28.9 Å². The number of rotatable bonds is 7. The van der Waals surface area contributed by atoms with Gasteiger partial charge in [0.2, 0.25) is 0 Å². The Kier molecular flexibility index (Phi) is 5.94. The average Bonchev–Trinajstić information content (AvgIpc) is 2.90. The van der Waals surface area contributed by atoms with E-state index in [1.54, 1.807) is 0 Å². The number of nitrogens with one attached hydrogen (secondary N) is 1. The highest BCUT2D eigenvalue weighted by molar-refractivity contribution is 9.10. The fraction of sp³-hybridized carbons (Fsp3) is 0.500. The van der Waals surface area contributed by atoms with Crippen LogP contribution in [-0.2, 0) is 6.54 Å². The zero-order valence-corrected chi connectivity index (χ0v) is 14.5. The summed E-state index contributed by atoms with van der Waals surface area (Å²) in [7, 11) is 0. The van der Waals surface area contributed by atoms with Crippen LogP contribution < -0.4 is 5.32 Å². The fourth-order valence-corrected chi connectivity index (χ4v) is 2.98. The number of aromatic nitrogens is 3. The van der Waals surface area contributed by atoms with Crippen LogP contribution in [0.4, 0.5) is 0 Å². The molecule has 0 radical (unpaired) electrons. The molecule has 4 nitrogen and oxygen atoms in total. The summed E-state index contributed by atoms with van der Waals surface area (Å²) in [4.78, 5) is 0. The number of hydrogen-bond acceptors (Lipinski definition) is 3. The summed E-state index contributed by atoms with van der Waals surface area (Å²) in [5.41, 5.74) is 3.68. The second kappa shape index (κ2) is 7.71. The Bertz CT molecular complexity index is 579. The van der Waals surface area contributed by atoms with E-state index in [2.05, 4.69) is 70.5 Å². The summed E-state index contributed by atoms with van der Waals surface area (Å²) in [6, 6.07) is 6.57. The lowest BCUT2D eigenvalue weighted by Gasteiger charge is -2.21. The van der Waals surface area contributed by atoms with Crippen molar-refractivity contribution in [3.8, 4) is 0 Å². The van der Waals surface area contributed by atoms with Crippen LogP contribution in [0.2, 0.25) is 0 Å². The highest BCUT2D eigenvalue weighted by Gasteiger charge is 2.20. The van der Waals surface area contributed by atoms with E-state index in [-0.39, 0.29) is 6.04 Å². The van der Waals surface area contributed by atoms with Crippen LogP contribution in [0, 0.1) is 6.92 Å². The Hall–Kier alpha value is -1.20. The van der Waals surface area contributed by atoms with Gasteiger partial charge >= 0.3 is 0 Å². The van der Waals surface area contributed by atoms with Crippen molar-refractivity contribution < 1.29 is 0 Å². The molecule has 1 atom stereocenters. The molecule has 1 N–H and O–H groups in total. The van der Waals surface area contributed by atoms with Gasteiger partial charge in [0.25, 0.3) is 0 Å². The molecule has 2 rings (SSSR count). The van der Waals surface area contributed by atoms with E-state index < -0.39 is 0 Å². The summed E-state index contributed by atoms with van der Waals surface area (Å²) >= 11 is 3.54. The number of nitrogens with zero attached hydrogens (tertiary/aromatic N) is 3. The molecule has 2 aromatic rings. The largest absolute Gasteiger partial charge is 0.305 e. The van der Waals surface area contributed by atoms with Gasteiger partial charge in [0, 0.05) is 11.0 Å². The molecule has 1 aromatic heterocycles. The van der Waals surface area contributed by atoms with Crippen molar-refractivity contribution in [1.29, 1.82) is 0 Å². The molecule has 1 unspecified atom stereocenters. The lowest BCUT2D eigenvalue weighted by molar-refractivity contribution is 0.503. The summed E-state index contributed by atoms with van der Waals surface area (Å²) < 4.78 is 3.12. The maximum atomic E-state index is 4.23. The molecule has 0 fully saturated rings. The van der Waals surface area contributed by atoms with Gasteiger partial charge in [0.15, 0.2) is 0 Å². The van der Waals surface area contributed by atoms with Gasteiger partial charge in [-0.25, -0.2) is 4.68 Å². The molecule has 5 heteroatoms. The lowest BCUT2D eigenvalue weighted by atomic mass is 9.98.